The van der Waals surface area contributed by atoms with Crippen molar-refractivity contribution in [3.8, 4) is 17.2 Å². The lowest BCUT2D eigenvalue weighted by Crippen LogP contribution is -2.52. The highest BCUT2D eigenvalue weighted by atomic mass is 16.5. The van der Waals surface area contributed by atoms with E-state index in [1.54, 1.807) is 14.2 Å². The summed E-state index contributed by atoms with van der Waals surface area (Å²) in [4.78, 5) is 15.3. The van der Waals surface area contributed by atoms with E-state index in [1.165, 1.54) is 5.56 Å². The maximum atomic E-state index is 12.9. The number of likely N-dealkylation sites (tertiary alicyclic amines) is 1. The quantitative estimate of drug-likeness (QED) is 0.409. The van der Waals surface area contributed by atoms with Gasteiger partial charge < -0.3 is 29.7 Å². The third kappa shape index (κ3) is 5.43. The van der Waals surface area contributed by atoms with E-state index in [-0.39, 0.29) is 17.5 Å². The zero-order valence-electron chi connectivity index (χ0n) is 22.4. The molecule has 3 unspecified atom stereocenters. The first-order valence-electron chi connectivity index (χ1n) is 13.3. The van der Waals surface area contributed by atoms with Crippen LogP contribution in [0.5, 0.6) is 17.2 Å². The molecule has 7 heteroatoms. The van der Waals surface area contributed by atoms with Crippen LogP contribution in [0, 0.1) is 0 Å². The number of amides is 2. The molecule has 1 heterocycles. The van der Waals surface area contributed by atoms with E-state index < -0.39 is 0 Å². The number of carbonyl (C=O) groups excluding carboxylic acids is 1. The third-order valence-electron chi connectivity index (χ3n) is 8.18. The lowest BCUT2D eigenvalue weighted by atomic mass is 9.65. The summed E-state index contributed by atoms with van der Waals surface area (Å²) in [6, 6.07) is 24.2. The van der Waals surface area contributed by atoms with Crippen LogP contribution in [0.2, 0.25) is 0 Å². The average molecular weight is 516 g/mol. The van der Waals surface area contributed by atoms with Crippen molar-refractivity contribution < 1.29 is 19.0 Å². The molecule has 0 bridgehead atoms. The van der Waals surface area contributed by atoms with Crippen LogP contribution in [0.1, 0.15) is 36.8 Å². The smallest absolute Gasteiger partial charge is 0.319 e. The molecule has 3 aromatic carbocycles. The van der Waals surface area contributed by atoms with Gasteiger partial charge in [0.2, 0.25) is 0 Å². The SMILES string of the molecule is COc1ccc(C23CCC(NC(=O)Nc4ccc(OCc5ccccc5)cc4)CC2N(C)CC3)cc1OC. The van der Waals surface area contributed by atoms with Crippen molar-refractivity contribution in [1.29, 1.82) is 0 Å². The molecule has 2 N–H and O–H groups in total. The average Bonchev–Trinajstić information content (AvgIpc) is 3.29. The van der Waals surface area contributed by atoms with Crippen molar-refractivity contribution in [3.05, 3.63) is 83.9 Å². The molecule has 2 fully saturated rings. The first kappa shape index (κ1) is 25.9. The van der Waals surface area contributed by atoms with Gasteiger partial charge in [-0.1, -0.05) is 36.4 Å². The summed E-state index contributed by atoms with van der Waals surface area (Å²) in [5.41, 5.74) is 3.20. The standard InChI is InChI=1S/C31H37N3O4/c1-34-18-17-31(23-9-14-27(36-2)28(19-23)37-3)16-15-25(20-29(31)34)33-30(35)32-24-10-12-26(13-11-24)38-21-22-7-5-4-6-8-22/h4-14,19,25,29H,15-18,20-21H2,1-3H3,(H2,32,33,35). The van der Waals surface area contributed by atoms with Gasteiger partial charge in [-0.2, -0.15) is 0 Å². The topological polar surface area (TPSA) is 72.1 Å². The van der Waals surface area contributed by atoms with Gasteiger partial charge in [-0.05, 0) is 86.8 Å². The number of anilines is 1. The van der Waals surface area contributed by atoms with Gasteiger partial charge in [0.15, 0.2) is 11.5 Å². The molecule has 3 aromatic rings. The monoisotopic (exact) mass is 515 g/mol. The summed E-state index contributed by atoms with van der Waals surface area (Å²) >= 11 is 0. The van der Waals surface area contributed by atoms with Crippen LogP contribution in [0.4, 0.5) is 10.5 Å². The number of nitrogens with zero attached hydrogens (tertiary/aromatic N) is 1. The summed E-state index contributed by atoms with van der Waals surface area (Å²) in [7, 11) is 5.54. The summed E-state index contributed by atoms with van der Waals surface area (Å²) in [5, 5.41) is 6.20. The number of rotatable bonds is 8. The number of fused-ring (bicyclic) bond motifs is 1. The highest BCUT2D eigenvalue weighted by Crippen LogP contribution is 2.49. The molecule has 0 spiro atoms. The minimum Gasteiger partial charge on any atom is -0.493 e. The van der Waals surface area contributed by atoms with Crippen LogP contribution >= 0.6 is 0 Å². The molecule has 38 heavy (non-hydrogen) atoms. The Hall–Kier alpha value is -3.71. The molecule has 0 radical (unpaired) electrons. The summed E-state index contributed by atoms with van der Waals surface area (Å²) in [6.45, 7) is 1.55. The van der Waals surface area contributed by atoms with Gasteiger partial charge in [-0.15, -0.1) is 0 Å². The van der Waals surface area contributed by atoms with Gasteiger partial charge in [-0.3, -0.25) is 0 Å². The number of carbonyl (C=O) groups is 1. The molecular formula is C31H37N3O4. The van der Waals surface area contributed by atoms with Gasteiger partial charge >= 0.3 is 6.03 Å². The van der Waals surface area contributed by atoms with Gasteiger partial charge in [0.1, 0.15) is 12.4 Å². The molecule has 7 nitrogen and oxygen atoms in total. The number of urea groups is 1. The van der Waals surface area contributed by atoms with Gasteiger partial charge in [0.05, 0.1) is 14.2 Å². The van der Waals surface area contributed by atoms with Crippen LogP contribution in [0.15, 0.2) is 72.8 Å². The molecule has 0 aromatic heterocycles. The molecular weight excluding hydrogens is 478 g/mol. The molecule has 1 aliphatic carbocycles. The lowest BCUT2D eigenvalue weighted by molar-refractivity contribution is 0.156. The van der Waals surface area contributed by atoms with E-state index in [9.17, 15) is 4.79 Å². The molecule has 3 atom stereocenters. The number of likely N-dealkylation sites (N-methyl/N-ethyl adjacent to an activating group) is 1. The number of nitrogens with one attached hydrogen (secondary N) is 2. The van der Waals surface area contributed by atoms with E-state index in [0.29, 0.717) is 12.6 Å². The highest BCUT2D eigenvalue weighted by Gasteiger charge is 2.50. The van der Waals surface area contributed by atoms with E-state index >= 15 is 0 Å². The molecule has 1 saturated heterocycles. The lowest BCUT2D eigenvalue weighted by Gasteiger charge is -2.45. The van der Waals surface area contributed by atoms with Gasteiger partial charge in [-0.25, -0.2) is 4.79 Å². The first-order valence-corrected chi connectivity index (χ1v) is 13.3. The largest absolute Gasteiger partial charge is 0.493 e. The van der Waals surface area contributed by atoms with Crippen LogP contribution in [-0.4, -0.2) is 50.8 Å². The van der Waals surface area contributed by atoms with Crippen molar-refractivity contribution >= 4 is 11.7 Å². The number of hydrogen-bond acceptors (Lipinski definition) is 5. The number of hydrogen-bond donors (Lipinski definition) is 2. The maximum absolute atomic E-state index is 12.9. The van der Waals surface area contributed by atoms with Gasteiger partial charge in [0, 0.05) is 23.2 Å². The Morgan fingerprint density at radius 2 is 1.74 bits per heavy atom. The fourth-order valence-corrected chi connectivity index (χ4v) is 6.12. The zero-order chi connectivity index (χ0) is 26.5. The predicted molar refractivity (Wildman–Crippen MR) is 149 cm³/mol. The number of methoxy groups -OCH3 is 2. The fourth-order valence-electron chi connectivity index (χ4n) is 6.12. The Morgan fingerprint density at radius 3 is 2.47 bits per heavy atom. The number of benzene rings is 3. The minimum absolute atomic E-state index is 0.0541. The maximum Gasteiger partial charge on any atom is 0.319 e. The summed E-state index contributed by atoms with van der Waals surface area (Å²) < 4.78 is 16.9. The van der Waals surface area contributed by atoms with E-state index in [0.717, 1.165) is 60.7 Å². The van der Waals surface area contributed by atoms with Crippen LogP contribution in [-0.2, 0) is 12.0 Å². The normalized spacial score (nSPS) is 22.8. The Morgan fingerprint density at radius 1 is 0.974 bits per heavy atom. The second-order valence-corrected chi connectivity index (χ2v) is 10.3. The molecule has 200 valence electrons. The minimum atomic E-state index is -0.174. The van der Waals surface area contributed by atoms with Crippen molar-refractivity contribution in [2.45, 2.75) is 49.8 Å². The molecule has 1 saturated carbocycles. The Balaban J connectivity index is 1.18. The van der Waals surface area contributed by atoms with Crippen molar-refractivity contribution in [3.63, 3.8) is 0 Å². The molecule has 2 aliphatic rings. The predicted octanol–water partition coefficient (Wildman–Crippen LogP) is 5.60. The van der Waals surface area contributed by atoms with Crippen LogP contribution in [0.3, 0.4) is 0 Å². The second kappa shape index (κ2) is 11.4. The highest BCUT2D eigenvalue weighted by molar-refractivity contribution is 5.89. The Kier molecular flexibility index (Phi) is 7.74. The number of ether oxygens (including phenoxy) is 3. The van der Waals surface area contributed by atoms with Crippen molar-refractivity contribution in [2.75, 3.05) is 33.1 Å². The summed E-state index contributed by atoms with van der Waals surface area (Å²) in [5.74, 6) is 2.28. The molecule has 1 aliphatic heterocycles. The van der Waals surface area contributed by atoms with Crippen molar-refractivity contribution in [1.82, 2.24) is 10.2 Å². The van der Waals surface area contributed by atoms with Crippen molar-refractivity contribution in [2.24, 2.45) is 0 Å². The fraction of sp³-hybridized carbons (Fsp3) is 0.387. The van der Waals surface area contributed by atoms with E-state index in [1.807, 2.05) is 60.7 Å². The molecule has 5 rings (SSSR count). The van der Waals surface area contributed by atoms with E-state index in [2.05, 4.69) is 34.7 Å². The van der Waals surface area contributed by atoms with Crippen LogP contribution < -0.4 is 24.8 Å². The summed E-state index contributed by atoms with van der Waals surface area (Å²) in [6.07, 6.45) is 3.94. The van der Waals surface area contributed by atoms with E-state index in [4.69, 9.17) is 14.2 Å². The van der Waals surface area contributed by atoms with Crippen LogP contribution in [0.25, 0.3) is 0 Å². The third-order valence-corrected chi connectivity index (χ3v) is 8.18. The molecule has 2 amide bonds. The van der Waals surface area contributed by atoms with Gasteiger partial charge in [0.25, 0.3) is 0 Å². The first-order chi connectivity index (χ1) is 18.5. The zero-order valence-corrected chi connectivity index (χ0v) is 22.4. The Bertz CT molecular complexity index is 1230. The Labute approximate surface area is 225 Å². The second-order valence-electron chi connectivity index (χ2n) is 10.3.